The van der Waals surface area contributed by atoms with Crippen LogP contribution in [0.4, 0.5) is 13.2 Å². The zero-order chi connectivity index (χ0) is 15.6. The van der Waals surface area contributed by atoms with Crippen LogP contribution in [0.3, 0.4) is 0 Å². The summed E-state index contributed by atoms with van der Waals surface area (Å²) in [6.45, 7) is 0. The maximum absolute atomic E-state index is 12.9. The molecule has 0 saturated heterocycles. The van der Waals surface area contributed by atoms with Crippen molar-refractivity contribution in [3.8, 4) is 22.9 Å². The summed E-state index contributed by atoms with van der Waals surface area (Å²) >= 11 is 4.85. The lowest BCUT2D eigenvalue weighted by molar-refractivity contribution is -0.141. The molecule has 0 saturated carbocycles. The molecule has 7 heteroatoms. The summed E-state index contributed by atoms with van der Waals surface area (Å²) in [5.41, 5.74) is -0.459. The van der Waals surface area contributed by atoms with Gasteiger partial charge in [0.25, 0.3) is 0 Å². The minimum atomic E-state index is -4.57. The molecule has 21 heavy (non-hydrogen) atoms. The van der Waals surface area contributed by atoms with E-state index in [-0.39, 0.29) is 15.8 Å². The van der Waals surface area contributed by atoms with Crippen LogP contribution in [-0.4, -0.2) is 12.1 Å². The first kappa shape index (κ1) is 15.1. The molecule has 0 aliphatic carbocycles. The van der Waals surface area contributed by atoms with Gasteiger partial charge in [-0.2, -0.15) is 18.4 Å². The van der Waals surface area contributed by atoms with Crippen LogP contribution >= 0.6 is 12.2 Å². The Bertz CT molecular complexity index is 775. The number of nitrogens with one attached hydrogen (secondary N) is 1. The second kappa shape index (κ2) is 5.58. The summed E-state index contributed by atoms with van der Waals surface area (Å²) in [6.07, 6.45) is -4.57. The molecule has 1 aromatic heterocycles. The Labute approximate surface area is 123 Å². The SMILES string of the molecule is COc1cccc(-c2cc(C(F)(F)F)[nH]c(=S)c2C#N)c1. The van der Waals surface area contributed by atoms with Crippen molar-refractivity contribution in [1.29, 1.82) is 5.26 Å². The number of rotatable bonds is 2. The molecule has 0 amide bonds. The third-order valence-electron chi connectivity index (χ3n) is 2.83. The van der Waals surface area contributed by atoms with E-state index in [1.807, 2.05) is 11.1 Å². The molecule has 0 aliphatic heterocycles. The standard InChI is InChI=1S/C14H9F3N2OS/c1-20-9-4-2-3-8(5-9)10-6-12(14(15,16)17)19-13(21)11(10)7-18/h2-6H,1H3,(H,19,21). The van der Waals surface area contributed by atoms with Crippen molar-refractivity contribution in [3.05, 3.63) is 46.2 Å². The van der Waals surface area contributed by atoms with E-state index in [1.165, 1.54) is 7.11 Å². The lowest BCUT2D eigenvalue weighted by Crippen LogP contribution is -2.09. The summed E-state index contributed by atoms with van der Waals surface area (Å²) < 4.78 is 43.4. The van der Waals surface area contributed by atoms with Gasteiger partial charge in [-0.1, -0.05) is 24.4 Å². The number of pyridine rings is 1. The van der Waals surface area contributed by atoms with Gasteiger partial charge >= 0.3 is 6.18 Å². The van der Waals surface area contributed by atoms with Crippen molar-refractivity contribution < 1.29 is 17.9 Å². The number of hydrogen-bond donors (Lipinski definition) is 1. The van der Waals surface area contributed by atoms with Crippen LogP contribution in [0, 0.1) is 16.0 Å². The van der Waals surface area contributed by atoms with Crippen LogP contribution in [0.5, 0.6) is 5.75 Å². The number of H-pyrrole nitrogens is 1. The molecular weight excluding hydrogens is 301 g/mol. The van der Waals surface area contributed by atoms with Crippen LogP contribution in [-0.2, 0) is 6.18 Å². The van der Waals surface area contributed by atoms with Gasteiger partial charge in [-0.3, -0.25) is 0 Å². The minimum absolute atomic E-state index is 0.00810. The highest BCUT2D eigenvalue weighted by atomic mass is 32.1. The normalized spacial score (nSPS) is 11.0. The molecule has 0 bridgehead atoms. The zero-order valence-electron chi connectivity index (χ0n) is 10.8. The molecule has 0 radical (unpaired) electrons. The quantitative estimate of drug-likeness (QED) is 0.841. The molecule has 0 unspecified atom stereocenters. The molecule has 1 heterocycles. The van der Waals surface area contributed by atoms with Crippen LogP contribution in [0.15, 0.2) is 30.3 Å². The Balaban J connectivity index is 2.74. The van der Waals surface area contributed by atoms with Crippen LogP contribution in [0.2, 0.25) is 0 Å². The van der Waals surface area contributed by atoms with E-state index < -0.39 is 11.9 Å². The number of nitrogens with zero attached hydrogens (tertiary/aromatic N) is 1. The van der Waals surface area contributed by atoms with E-state index >= 15 is 0 Å². The maximum Gasteiger partial charge on any atom is 0.431 e. The zero-order valence-corrected chi connectivity index (χ0v) is 11.6. The van der Waals surface area contributed by atoms with E-state index in [2.05, 4.69) is 0 Å². The van der Waals surface area contributed by atoms with Crippen molar-refractivity contribution >= 4 is 12.2 Å². The number of nitriles is 1. The summed E-state index contributed by atoms with van der Waals surface area (Å²) in [5.74, 6) is 0.476. The molecule has 1 N–H and O–H groups in total. The summed E-state index contributed by atoms with van der Waals surface area (Å²) in [7, 11) is 1.45. The fourth-order valence-electron chi connectivity index (χ4n) is 1.84. The van der Waals surface area contributed by atoms with Gasteiger partial charge in [0.05, 0.1) is 12.7 Å². The van der Waals surface area contributed by atoms with Gasteiger partial charge in [-0.05, 0) is 23.8 Å². The number of benzene rings is 1. The number of alkyl halides is 3. The first-order valence-electron chi connectivity index (χ1n) is 5.76. The van der Waals surface area contributed by atoms with Crippen molar-refractivity contribution in [3.63, 3.8) is 0 Å². The van der Waals surface area contributed by atoms with E-state index in [1.54, 1.807) is 24.3 Å². The summed E-state index contributed by atoms with van der Waals surface area (Å²) in [5, 5.41) is 9.13. The van der Waals surface area contributed by atoms with Crippen molar-refractivity contribution in [2.45, 2.75) is 6.18 Å². The first-order valence-corrected chi connectivity index (χ1v) is 6.16. The molecule has 0 spiro atoms. The van der Waals surface area contributed by atoms with E-state index in [0.717, 1.165) is 6.07 Å². The number of aromatic nitrogens is 1. The summed E-state index contributed by atoms with van der Waals surface area (Å²) in [6, 6.07) is 9.13. The van der Waals surface area contributed by atoms with Gasteiger partial charge in [0.1, 0.15) is 22.2 Å². The first-order chi connectivity index (χ1) is 9.86. The Morgan fingerprint density at radius 3 is 2.57 bits per heavy atom. The number of aromatic amines is 1. The number of methoxy groups -OCH3 is 1. The Kier molecular flexibility index (Phi) is 4.00. The highest BCUT2D eigenvalue weighted by Gasteiger charge is 2.32. The Morgan fingerprint density at radius 2 is 2.00 bits per heavy atom. The van der Waals surface area contributed by atoms with E-state index in [9.17, 15) is 13.2 Å². The molecule has 0 aliphatic rings. The molecule has 3 nitrogen and oxygen atoms in total. The maximum atomic E-state index is 12.9. The highest BCUT2D eigenvalue weighted by molar-refractivity contribution is 7.71. The second-order valence-corrected chi connectivity index (χ2v) is 4.55. The molecular formula is C14H9F3N2OS. The van der Waals surface area contributed by atoms with Gasteiger partial charge in [0.15, 0.2) is 0 Å². The monoisotopic (exact) mass is 310 g/mol. The smallest absolute Gasteiger partial charge is 0.431 e. The number of ether oxygens (including phenoxy) is 1. The fourth-order valence-corrected chi connectivity index (χ4v) is 2.11. The molecule has 108 valence electrons. The third-order valence-corrected chi connectivity index (χ3v) is 3.14. The minimum Gasteiger partial charge on any atom is -0.497 e. The molecule has 0 atom stereocenters. The van der Waals surface area contributed by atoms with Crippen molar-refractivity contribution in [2.24, 2.45) is 0 Å². The topological polar surface area (TPSA) is 48.8 Å². The van der Waals surface area contributed by atoms with Crippen LogP contribution in [0.25, 0.3) is 11.1 Å². The van der Waals surface area contributed by atoms with Gasteiger partial charge < -0.3 is 9.72 Å². The number of halogens is 3. The average Bonchev–Trinajstić information content (AvgIpc) is 2.45. The third kappa shape index (κ3) is 3.06. The van der Waals surface area contributed by atoms with Crippen LogP contribution in [0.1, 0.15) is 11.3 Å². The van der Waals surface area contributed by atoms with Gasteiger partial charge in [0.2, 0.25) is 0 Å². The largest absolute Gasteiger partial charge is 0.497 e. The van der Waals surface area contributed by atoms with Crippen molar-refractivity contribution in [1.82, 2.24) is 4.98 Å². The van der Waals surface area contributed by atoms with E-state index in [4.69, 9.17) is 22.2 Å². The highest BCUT2D eigenvalue weighted by Crippen LogP contribution is 2.33. The Morgan fingerprint density at radius 1 is 1.29 bits per heavy atom. The van der Waals surface area contributed by atoms with E-state index in [0.29, 0.717) is 11.3 Å². The fraction of sp³-hybridized carbons (Fsp3) is 0.143. The molecule has 2 aromatic rings. The van der Waals surface area contributed by atoms with Gasteiger partial charge in [-0.15, -0.1) is 0 Å². The van der Waals surface area contributed by atoms with Crippen LogP contribution < -0.4 is 4.74 Å². The lowest BCUT2D eigenvalue weighted by atomic mass is 10.0. The predicted molar refractivity (Wildman–Crippen MR) is 73.3 cm³/mol. The number of hydrogen-bond acceptors (Lipinski definition) is 3. The Hall–Kier alpha value is -2.33. The van der Waals surface area contributed by atoms with Crippen molar-refractivity contribution in [2.75, 3.05) is 7.11 Å². The molecule has 2 rings (SSSR count). The van der Waals surface area contributed by atoms with Gasteiger partial charge in [0, 0.05) is 5.56 Å². The average molecular weight is 310 g/mol. The predicted octanol–water partition coefficient (Wildman–Crippen LogP) is 4.31. The second-order valence-electron chi connectivity index (χ2n) is 4.14. The van der Waals surface area contributed by atoms with Gasteiger partial charge in [-0.25, -0.2) is 0 Å². The lowest BCUT2D eigenvalue weighted by Gasteiger charge is -2.11. The molecule has 1 aromatic carbocycles. The summed E-state index contributed by atoms with van der Waals surface area (Å²) in [4.78, 5) is 2.04. The molecule has 0 fully saturated rings.